The van der Waals surface area contributed by atoms with Crippen LogP contribution in [-0.4, -0.2) is 56.7 Å². The van der Waals surface area contributed by atoms with Gasteiger partial charge in [-0.1, -0.05) is 12.1 Å². The third kappa shape index (κ3) is 3.77. The molecule has 1 aliphatic rings. The average Bonchev–Trinajstić information content (AvgIpc) is 2.41. The first-order valence-electron chi connectivity index (χ1n) is 6.62. The summed E-state index contributed by atoms with van der Waals surface area (Å²) >= 11 is 0. The summed E-state index contributed by atoms with van der Waals surface area (Å²) < 4.78 is 24.6. The molecule has 1 fully saturated rings. The molecule has 6 nitrogen and oxygen atoms in total. The lowest BCUT2D eigenvalue weighted by atomic mass is 10.1. The molecule has 20 heavy (non-hydrogen) atoms. The van der Waals surface area contributed by atoms with Crippen molar-refractivity contribution >= 4 is 10.0 Å². The summed E-state index contributed by atoms with van der Waals surface area (Å²) in [5.41, 5.74) is 0.589. The molecule has 1 aromatic carbocycles. The molecule has 1 atom stereocenters. The second kappa shape index (κ2) is 6.19. The number of benzene rings is 1. The highest BCUT2D eigenvalue weighted by Crippen LogP contribution is 2.17. The van der Waals surface area contributed by atoms with E-state index < -0.39 is 16.1 Å². The molecule has 0 radical (unpaired) electrons. The fourth-order valence-electron chi connectivity index (χ4n) is 2.06. The molecule has 1 aliphatic heterocycles. The van der Waals surface area contributed by atoms with Crippen molar-refractivity contribution in [3.05, 3.63) is 29.8 Å². The number of hydrogen-bond donors (Lipinski definition) is 2. The zero-order chi connectivity index (χ0) is 14.8. The quantitative estimate of drug-likeness (QED) is 0.830. The SMILES string of the molecule is CC(O)c1cccc(S(=O)(=O)NN2CCN(C)CC2)c1. The smallest absolute Gasteiger partial charge is 0.253 e. The first-order valence-corrected chi connectivity index (χ1v) is 8.11. The number of sulfonamides is 1. The summed E-state index contributed by atoms with van der Waals surface area (Å²) in [6.07, 6.45) is -0.686. The van der Waals surface area contributed by atoms with E-state index in [0.717, 1.165) is 13.1 Å². The molecule has 112 valence electrons. The Hall–Kier alpha value is -0.990. The van der Waals surface area contributed by atoms with Crippen molar-refractivity contribution in [3.63, 3.8) is 0 Å². The Labute approximate surface area is 120 Å². The number of hydrazine groups is 1. The number of rotatable bonds is 4. The molecule has 0 aromatic heterocycles. The van der Waals surface area contributed by atoms with Crippen LogP contribution < -0.4 is 4.83 Å². The molecule has 0 saturated carbocycles. The van der Waals surface area contributed by atoms with Crippen molar-refractivity contribution in [1.82, 2.24) is 14.7 Å². The van der Waals surface area contributed by atoms with Crippen LogP contribution in [0.15, 0.2) is 29.2 Å². The minimum Gasteiger partial charge on any atom is -0.389 e. The lowest BCUT2D eigenvalue weighted by Crippen LogP contribution is -2.52. The van der Waals surface area contributed by atoms with Crippen LogP contribution in [0.5, 0.6) is 0 Å². The molecule has 0 spiro atoms. The number of likely N-dealkylation sites (N-methyl/N-ethyl adjacent to an activating group) is 1. The topological polar surface area (TPSA) is 72.9 Å². The Morgan fingerprint density at radius 2 is 1.90 bits per heavy atom. The van der Waals surface area contributed by atoms with Crippen LogP contribution in [0.1, 0.15) is 18.6 Å². The first-order chi connectivity index (χ1) is 9.38. The van der Waals surface area contributed by atoms with Crippen LogP contribution in [0.25, 0.3) is 0 Å². The van der Waals surface area contributed by atoms with Crippen LogP contribution in [0.3, 0.4) is 0 Å². The van der Waals surface area contributed by atoms with Crippen LogP contribution in [0.4, 0.5) is 0 Å². The van der Waals surface area contributed by atoms with Gasteiger partial charge in [-0.2, -0.15) is 0 Å². The number of nitrogens with zero attached hydrogens (tertiary/aromatic N) is 2. The first kappa shape index (κ1) is 15.4. The molecule has 1 heterocycles. The minimum absolute atomic E-state index is 0.176. The number of aliphatic hydroxyl groups excluding tert-OH is 1. The Balaban J connectivity index is 2.12. The van der Waals surface area contributed by atoms with Crippen molar-refractivity contribution in [2.45, 2.75) is 17.9 Å². The second-order valence-electron chi connectivity index (χ2n) is 5.13. The van der Waals surface area contributed by atoms with Gasteiger partial charge in [-0.15, -0.1) is 4.83 Å². The largest absolute Gasteiger partial charge is 0.389 e. The van der Waals surface area contributed by atoms with Crippen LogP contribution in [-0.2, 0) is 10.0 Å². The van der Waals surface area contributed by atoms with E-state index in [1.165, 1.54) is 12.1 Å². The predicted molar refractivity (Wildman–Crippen MR) is 76.5 cm³/mol. The fourth-order valence-corrected chi connectivity index (χ4v) is 3.24. The van der Waals surface area contributed by atoms with Crippen LogP contribution in [0.2, 0.25) is 0 Å². The number of hydrogen-bond acceptors (Lipinski definition) is 5. The second-order valence-corrected chi connectivity index (χ2v) is 6.79. The third-order valence-corrected chi connectivity index (χ3v) is 4.78. The molecule has 1 unspecified atom stereocenters. The van der Waals surface area contributed by atoms with Gasteiger partial charge in [-0.25, -0.2) is 13.4 Å². The summed E-state index contributed by atoms with van der Waals surface area (Å²) in [5, 5.41) is 11.2. The van der Waals surface area contributed by atoms with Crippen molar-refractivity contribution in [2.24, 2.45) is 0 Å². The fraction of sp³-hybridized carbons (Fsp3) is 0.538. The van der Waals surface area contributed by atoms with Gasteiger partial charge in [0.25, 0.3) is 10.0 Å². The van der Waals surface area contributed by atoms with E-state index in [-0.39, 0.29) is 4.90 Å². The average molecular weight is 299 g/mol. The lowest BCUT2D eigenvalue weighted by Gasteiger charge is -2.32. The normalized spacial score (nSPS) is 19.9. The zero-order valence-electron chi connectivity index (χ0n) is 11.8. The Bertz CT molecular complexity index is 552. The molecular weight excluding hydrogens is 278 g/mol. The summed E-state index contributed by atoms with van der Waals surface area (Å²) in [6.45, 7) is 4.59. The molecule has 7 heteroatoms. The van der Waals surface area contributed by atoms with Gasteiger partial charge < -0.3 is 10.0 Å². The standard InChI is InChI=1S/C13H21N3O3S/c1-11(17)12-4-3-5-13(10-12)20(18,19)14-16-8-6-15(2)7-9-16/h3-5,10-11,14,17H,6-9H2,1-2H3. The van der Waals surface area contributed by atoms with E-state index >= 15 is 0 Å². The monoisotopic (exact) mass is 299 g/mol. The summed E-state index contributed by atoms with van der Waals surface area (Å²) in [4.78, 5) is 4.92. The minimum atomic E-state index is -3.59. The molecule has 2 rings (SSSR count). The van der Waals surface area contributed by atoms with Gasteiger partial charge >= 0.3 is 0 Å². The van der Waals surface area contributed by atoms with Gasteiger partial charge in [0.15, 0.2) is 0 Å². The summed E-state index contributed by atoms with van der Waals surface area (Å²) in [7, 11) is -1.58. The highest BCUT2D eigenvalue weighted by Gasteiger charge is 2.21. The Morgan fingerprint density at radius 1 is 1.25 bits per heavy atom. The maximum absolute atomic E-state index is 12.3. The van der Waals surface area contributed by atoms with E-state index in [0.29, 0.717) is 18.7 Å². The van der Waals surface area contributed by atoms with Crippen molar-refractivity contribution in [1.29, 1.82) is 0 Å². The maximum atomic E-state index is 12.3. The van der Waals surface area contributed by atoms with Gasteiger partial charge in [-0.3, -0.25) is 0 Å². The highest BCUT2D eigenvalue weighted by atomic mass is 32.2. The molecule has 0 amide bonds. The van der Waals surface area contributed by atoms with Gasteiger partial charge in [0.2, 0.25) is 0 Å². The molecular formula is C13H21N3O3S. The number of aliphatic hydroxyl groups is 1. The van der Waals surface area contributed by atoms with Gasteiger partial charge in [0.05, 0.1) is 11.0 Å². The third-order valence-electron chi connectivity index (χ3n) is 3.40. The van der Waals surface area contributed by atoms with E-state index in [1.807, 2.05) is 7.05 Å². The van der Waals surface area contributed by atoms with Gasteiger partial charge in [0, 0.05) is 26.2 Å². The van der Waals surface area contributed by atoms with E-state index in [1.54, 1.807) is 24.1 Å². The highest BCUT2D eigenvalue weighted by molar-refractivity contribution is 7.89. The van der Waals surface area contributed by atoms with E-state index in [2.05, 4.69) is 9.73 Å². The maximum Gasteiger partial charge on any atom is 0.253 e. The zero-order valence-corrected chi connectivity index (χ0v) is 12.6. The summed E-state index contributed by atoms with van der Waals surface area (Å²) in [6, 6.07) is 6.38. The van der Waals surface area contributed by atoms with Crippen LogP contribution >= 0.6 is 0 Å². The molecule has 0 aliphatic carbocycles. The predicted octanol–water partition coefficient (Wildman–Crippen LogP) is 0.181. The van der Waals surface area contributed by atoms with Crippen LogP contribution in [0, 0.1) is 0 Å². The molecule has 0 bridgehead atoms. The lowest BCUT2D eigenvalue weighted by molar-refractivity contribution is 0.135. The van der Waals surface area contributed by atoms with E-state index in [4.69, 9.17) is 0 Å². The van der Waals surface area contributed by atoms with Gasteiger partial charge in [0.1, 0.15) is 0 Å². The Kier molecular flexibility index (Phi) is 4.77. The van der Waals surface area contributed by atoms with Gasteiger partial charge in [-0.05, 0) is 31.7 Å². The molecule has 2 N–H and O–H groups in total. The van der Waals surface area contributed by atoms with Crippen molar-refractivity contribution in [3.8, 4) is 0 Å². The van der Waals surface area contributed by atoms with E-state index in [9.17, 15) is 13.5 Å². The number of piperazine rings is 1. The summed E-state index contributed by atoms with van der Waals surface area (Å²) in [5.74, 6) is 0. The number of nitrogens with one attached hydrogen (secondary N) is 1. The van der Waals surface area contributed by atoms with Crippen molar-refractivity contribution < 1.29 is 13.5 Å². The van der Waals surface area contributed by atoms with Crippen molar-refractivity contribution in [2.75, 3.05) is 33.2 Å². The molecule has 1 saturated heterocycles. The molecule has 1 aromatic rings. The Morgan fingerprint density at radius 3 is 2.50 bits per heavy atom.